The highest BCUT2D eigenvalue weighted by Gasteiger charge is 2.45. The fourth-order valence-electron chi connectivity index (χ4n) is 9.10. The lowest BCUT2D eigenvalue weighted by atomic mass is 9.63. The normalized spacial score (nSPS) is 13.3. The van der Waals surface area contributed by atoms with E-state index >= 15 is 0 Å². The number of nitrogens with zero attached hydrogens (tertiary/aromatic N) is 2. The van der Waals surface area contributed by atoms with Crippen molar-refractivity contribution in [2.75, 3.05) is 0 Å². The monoisotopic (exact) mass is 648 g/mol. The Morgan fingerprint density at radius 3 is 1.61 bits per heavy atom. The molecule has 0 N–H and O–H groups in total. The second-order valence-electron chi connectivity index (χ2n) is 13.7. The van der Waals surface area contributed by atoms with E-state index in [0.29, 0.717) is 0 Å². The summed E-state index contributed by atoms with van der Waals surface area (Å²) in [6, 6.07) is 71.7. The largest absolute Gasteiger partial charge is 0.309 e. The third-order valence-corrected chi connectivity index (χ3v) is 11.2. The van der Waals surface area contributed by atoms with Crippen LogP contribution >= 0.6 is 0 Å². The Kier molecular flexibility index (Phi) is 5.91. The summed E-state index contributed by atoms with van der Waals surface area (Å²) in [5.41, 5.74) is 14.2. The number of fused-ring (bicyclic) bond motifs is 8. The molecule has 0 radical (unpaired) electrons. The molecule has 0 unspecified atom stereocenters. The highest BCUT2D eigenvalue weighted by Crippen LogP contribution is 2.54. The van der Waals surface area contributed by atoms with Gasteiger partial charge in [0.25, 0.3) is 0 Å². The molecule has 1 aliphatic heterocycles. The fraction of sp³-hybridized carbons (Fsp3) is 0.0204. The molecule has 11 rings (SSSR count). The molecule has 8 aromatic carbocycles. The van der Waals surface area contributed by atoms with Crippen molar-refractivity contribution >= 4 is 43.6 Å². The van der Waals surface area contributed by atoms with Gasteiger partial charge < -0.3 is 9.13 Å². The standard InChI is InChI=1S/C49H32N2/c1-4-15-33(16-5-1)34-27-29-40-38-21-10-12-25-44(38)50(47(40)31-34)37-28-30-46-43(32-37)49(35-17-6-2-7-18-35,36-19-8-3-9-20-36)42-24-14-23-41-39-22-11-13-26-45(39)51(46)48(41)42/h1-32H. The van der Waals surface area contributed by atoms with E-state index in [4.69, 9.17) is 0 Å². The van der Waals surface area contributed by atoms with Crippen LogP contribution in [-0.4, -0.2) is 9.13 Å². The average molecular weight is 649 g/mol. The highest BCUT2D eigenvalue weighted by molar-refractivity contribution is 6.13. The van der Waals surface area contributed by atoms with E-state index in [2.05, 4.69) is 203 Å². The first-order valence-corrected chi connectivity index (χ1v) is 17.7. The first kappa shape index (κ1) is 28.2. The molecule has 10 aromatic rings. The Hall–Kier alpha value is -6.64. The molecule has 0 bridgehead atoms. The van der Waals surface area contributed by atoms with Crippen LogP contribution in [0.5, 0.6) is 0 Å². The van der Waals surface area contributed by atoms with Crippen molar-refractivity contribution in [1.82, 2.24) is 9.13 Å². The molecular formula is C49H32N2. The van der Waals surface area contributed by atoms with Crippen LogP contribution in [0.25, 0.3) is 66.1 Å². The summed E-state index contributed by atoms with van der Waals surface area (Å²) >= 11 is 0. The van der Waals surface area contributed by atoms with Crippen LogP contribution in [0.4, 0.5) is 0 Å². The molecule has 0 spiro atoms. The summed E-state index contributed by atoms with van der Waals surface area (Å²) in [4.78, 5) is 0. The third-order valence-electron chi connectivity index (χ3n) is 11.2. The first-order valence-electron chi connectivity index (χ1n) is 17.7. The number of benzene rings is 8. The Morgan fingerprint density at radius 1 is 0.333 bits per heavy atom. The van der Waals surface area contributed by atoms with Gasteiger partial charge in [-0.2, -0.15) is 0 Å². The maximum atomic E-state index is 2.52. The van der Waals surface area contributed by atoms with E-state index < -0.39 is 5.41 Å². The SMILES string of the molecule is c1ccc(-c2ccc3c4ccccc4n(-c4ccc5c(c4)C(c4ccccc4)(c4ccccc4)c4cccc6c7ccccc7n-5c46)c3c2)cc1. The molecule has 1 aliphatic rings. The Labute approximate surface area is 296 Å². The molecule has 51 heavy (non-hydrogen) atoms. The summed E-state index contributed by atoms with van der Waals surface area (Å²) in [5.74, 6) is 0. The van der Waals surface area contributed by atoms with Crippen LogP contribution in [0, 0.1) is 0 Å². The molecule has 0 atom stereocenters. The molecular weight excluding hydrogens is 617 g/mol. The van der Waals surface area contributed by atoms with Gasteiger partial charge in [0.15, 0.2) is 0 Å². The van der Waals surface area contributed by atoms with Gasteiger partial charge in [-0.15, -0.1) is 0 Å². The van der Waals surface area contributed by atoms with Gasteiger partial charge in [-0.3, -0.25) is 0 Å². The number of hydrogen-bond donors (Lipinski definition) is 0. The van der Waals surface area contributed by atoms with E-state index in [-0.39, 0.29) is 0 Å². The van der Waals surface area contributed by atoms with Crippen molar-refractivity contribution in [3.05, 3.63) is 216 Å². The van der Waals surface area contributed by atoms with Gasteiger partial charge in [0.2, 0.25) is 0 Å². The van der Waals surface area contributed by atoms with Crippen molar-refractivity contribution in [1.29, 1.82) is 0 Å². The van der Waals surface area contributed by atoms with E-state index in [1.165, 1.54) is 82.7 Å². The predicted molar refractivity (Wildman–Crippen MR) is 212 cm³/mol. The summed E-state index contributed by atoms with van der Waals surface area (Å²) in [5, 5.41) is 5.07. The maximum absolute atomic E-state index is 2.52. The van der Waals surface area contributed by atoms with Crippen LogP contribution in [0.1, 0.15) is 22.3 Å². The van der Waals surface area contributed by atoms with Crippen molar-refractivity contribution in [3.8, 4) is 22.5 Å². The molecule has 0 fully saturated rings. The van der Waals surface area contributed by atoms with E-state index in [1.807, 2.05) is 0 Å². The van der Waals surface area contributed by atoms with Crippen LogP contribution in [-0.2, 0) is 5.41 Å². The second kappa shape index (κ2) is 10.7. The van der Waals surface area contributed by atoms with Crippen LogP contribution in [0.3, 0.4) is 0 Å². The number of hydrogen-bond acceptors (Lipinski definition) is 0. The molecule has 2 aromatic heterocycles. The zero-order chi connectivity index (χ0) is 33.5. The van der Waals surface area contributed by atoms with Gasteiger partial charge in [-0.1, -0.05) is 158 Å². The molecule has 0 saturated carbocycles. The van der Waals surface area contributed by atoms with Gasteiger partial charge in [0.05, 0.1) is 33.2 Å². The summed E-state index contributed by atoms with van der Waals surface area (Å²) in [6.45, 7) is 0. The third kappa shape index (κ3) is 3.82. The van der Waals surface area contributed by atoms with Crippen LogP contribution in [0.15, 0.2) is 194 Å². The van der Waals surface area contributed by atoms with E-state index in [1.54, 1.807) is 0 Å². The minimum atomic E-state index is -0.564. The Balaban J connectivity index is 1.30. The first-order chi connectivity index (χ1) is 25.3. The van der Waals surface area contributed by atoms with Crippen molar-refractivity contribution in [3.63, 3.8) is 0 Å². The Bertz CT molecular complexity index is 2910. The lowest BCUT2D eigenvalue weighted by Gasteiger charge is -2.42. The van der Waals surface area contributed by atoms with Gasteiger partial charge in [0, 0.05) is 27.2 Å². The summed E-state index contributed by atoms with van der Waals surface area (Å²) < 4.78 is 4.99. The van der Waals surface area contributed by atoms with Crippen molar-refractivity contribution < 1.29 is 0 Å². The smallest absolute Gasteiger partial charge is 0.0743 e. The molecule has 2 heteroatoms. The zero-order valence-corrected chi connectivity index (χ0v) is 27.9. The fourth-order valence-corrected chi connectivity index (χ4v) is 9.10. The van der Waals surface area contributed by atoms with E-state index in [0.717, 1.165) is 5.69 Å². The summed E-state index contributed by atoms with van der Waals surface area (Å²) in [6.07, 6.45) is 0. The minimum absolute atomic E-state index is 0.564. The molecule has 238 valence electrons. The Morgan fingerprint density at radius 2 is 0.902 bits per heavy atom. The quantitative estimate of drug-likeness (QED) is 0.180. The molecule has 0 saturated heterocycles. The topological polar surface area (TPSA) is 9.86 Å². The highest BCUT2D eigenvalue weighted by atomic mass is 15.0. The molecule has 0 aliphatic carbocycles. The molecule has 0 amide bonds. The lowest BCUT2D eigenvalue weighted by molar-refractivity contribution is 0.727. The minimum Gasteiger partial charge on any atom is -0.309 e. The number of aromatic nitrogens is 2. The van der Waals surface area contributed by atoms with Crippen LogP contribution < -0.4 is 0 Å². The second-order valence-corrected chi connectivity index (χ2v) is 13.7. The number of para-hydroxylation sites is 3. The average Bonchev–Trinajstić information content (AvgIpc) is 3.73. The van der Waals surface area contributed by atoms with Gasteiger partial charge in [-0.05, 0) is 69.8 Å². The maximum Gasteiger partial charge on any atom is 0.0743 e. The van der Waals surface area contributed by atoms with Gasteiger partial charge in [-0.25, -0.2) is 0 Å². The van der Waals surface area contributed by atoms with Crippen LogP contribution in [0.2, 0.25) is 0 Å². The van der Waals surface area contributed by atoms with E-state index in [9.17, 15) is 0 Å². The molecule has 2 nitrogen and oxygen atoms in total. The lowest BCUT2D eigenvalue weighted by Crippen LogP contribution is -2.35. The summed E-state index contributed by atoms with van der Waals surface area (Å²) in [7, 11) is 0. The molecule has 3 heterocycles. The van der Waals surface area contributed by atoms with Gasteiger partial charge in [0.1, 0.15) is 0 Å². The number of rotatable bonds is 4. The van der Waals surface area contributed by atoms with Gasteiger partial charge >= 0.3 is 0 Å². The predicted octanol–water partition coefficient (Wildman–Crippen LogP) is 12.2. The van der Waals surface area contributed by atoms with Crippen molar-refractivity contribution in [2.24, 2.45) is 0 Å². The van der Waals surface area contributed by atoms with Crippen molar-refractivity contribution in [2.45, 2.75) is 5.41 Å². The zero-order valence-electron chi connectivity index (χ0n) is 27.9.